The van der Waals surface area contributed by atoms with E-state index in [0.717, 1.165) is 25.1 Å². The molecule has 21 heavy (non-hydrogen) atoms. The molecule has 110 valence electrons. The van der Waals surface area contributed by atoms with Crippen molar-refractivity contribution in [2.24, 2.45) is 0 Å². The second-order valence-corrected chi connectivity index (χ2v) is 5.19. The van der Waals surface area contributed by atoms with Crippen LogP contribution in [0.15, 0.2) is 54.6 Å². The molecule has 0 aliphatic carbocycles. The molecule has 0 aliphatic heterocycles. The Morgan fingerprint density at radius 2 is 1.76 bits per heavy atom. The van der Waals surface area contributed by atoms with Crippen LogP contribution in [0.25, 0.3) is 0 Å². The van der Waals surface area contributed by atoms with E-state index in [2.05, 4.69) is 36.5 Å². The van der Waals surface area contributed by atoms with Crippen LogP contribution in [0, 0.1) is 10.1 Å². The molecule has 0 aliphatic rings. The van der Waals surface area contributed by atoms with Gasteiger partial charge in [0, 0.05) is 18.7 Å². The molecular weight excluding hydrogens is 264 g/mol. The second kappa shape index (κ2) is 7.55. The van der Waals surface area contributed by atoms with E-state index in [1.807, 2.05) is 18.2 Å². The molecular formula is C17H20N2O2. The minimum absolute atomic E-state index is 0.143. The summed E-state index contributed by atoms with van der Waals surface area (Å²) in [5.74, 6) is 0.475. The topological polar surface area (TPSA) is 55.2 Å². The number of benzene rings is 2. The maximum Gasteiger partial charge on any atom is 0.269 e. The zero-order chi connectivity index (χ0) is 15.1. The van der Waals surface area contributed by atoms with Gasteiger partial charge in [0.15, 0.2) is 0 Å². The van der Waals surface area contributed by atoms with Crippen molar-refractivity contribution in [2.45, 2.75) is 19.3 Å². The van der Waals surface area contributed by atoms with Crippen molar-refractivity contribution in [1.82, 2.24) is 5.32 Å². The van der Waals surface area contributed by atoms with Crippen LogP contribution in [-0.2, 0) is 6.42 Å². The van der Waals surface area contributed by atoms with Crippen molar-refractivity contribution in [1.29, 1.82) is 0 Å². The predicted molar refractivity (Wildman–Crippen MR) is 84.5 cm³/mol. The summed E-state index contributed by atoms with van der Waals surface area (Å²) in [4.78, 5) is 10.2. The quantitative estimate of drug-likeness (QED) is 0.481. The number of rotatable bonds is 7. The van der Waals surface area contributed by atoms with Crippen molar-refractivity contribution >= 4 is 5.69 Å². The molecule has 1 atom stereocenters. The molecule has 0 saturated carbocycles. The predicted octanol–water partition coefficient (Wildman–Crippen LogP) is 3.53. The number of nitro benzene ring substituents is 1. The highest BCUT2D eigenvalue weighted by atomic mass is 16.6. The number of hydrogen-bond acceptors (Lipinski definition) is 3. The highest BCUT2D eigenvalue weighted by Crippen LogP contribution is 2.14. The minimum atomic E-state index is -0.371. The van der Waals surface area contributed by atoms with E-state index in [1.165, 1.54) is 5.56 Å². The van der Waals surface area contributed by atoms with Crippen molar-refractivity contribution in [3.05, 3.63) is 75.8 Å². The van der Waals surface area contributed by atoms with Gasteiger partial charge in [-0.2, -0.15) is 0 Å². The molecule has 2 aromatic carbocycles. The van der Waals surface area contributed by atoms with Crippen molar-refractivity contribution < 1.29 is 4.92 Å². The van der Waals surface area contributed by atoms with Crippen LogP contribution >= 0.6 is 0 Å². The number of hydrogen-bond donors (Lipinski definition) is 1. The SMILES string of the molecule is C[C@@H](CNCCc1ccc([N+](=O)[O-])cc1)c1ccccc1. The van der Waals surface area contributed by atoms with E-state index in [0.29, 0.717) is 5.92 Å². The molecule has 0 bridgehead atoms. The first-order chi connectivity index (χ1) is 10.2. The molecule has 0 radical (unpaired) electrons. The average molecular weight is 284 g/mol. The maximum absolute atomic E-state index is 10.6. The average Bonchev–Trinajstić information content (AvgIpc) is 2.52. The van der Waals surface area contributed by atoms with E-state index in [1.54, 1.807) is 12.1 Å². The smallest absolute Gasteiger partial charge is 0.269 e. The molecule has 4 nitrogen and oxygen atoms in total. The second-order valence-electron chi connectivity index (χ2n) is 5.19. The molecule has 0 aromatic heterocycles. The summed E-state index contributed by atoms with van der Waals surface area (Å²) in [6.07, 6.45) is 0.875. The molecule has 4 heteroatoms. The molecule has 1 N–H and O–H groups in total. The Morgan fingerprint density at radius 1 is 1.10 bits per heavy atom. The van der Waals surface area contributed by atoms with Crippen LogP contribution in [0.4, 0.5) is 5.69 Å². The molecule has 2 rings (SSSR count). The Bertz CT molecular complexity index is 567. The lowest BCUT2D eigenvalue weighted by Crippen LogP contribution is -2.22. The first kappa shape index (κ1) is 15.2. The zero-order valence-electron chi connectivity index (χ0n) is 12.2. The van der Waals surface area contributed by atoms with Crippen LogP contribution in [0.1, 0.15) is 24.0 Å². The number of nitrogens with zero attached hydrogens (tertiary/aromatic N) is 1. The van der Waals surface area contributed by atoms with Crippen LogP contribution in [0.5, 0.6) is 0 Å². The molecule has 0 amide bonds. The fourth-order valence-electron chi connectivity index (χ4n) is 2.24. The van der Waals surface area contributed by atoms with Gasteiger partial charge in [-0.1, -0.05) is 49.4 Å². The van der Waals surface area contributed by atoms with Crippen molar-refractivity contribution in [3.63, 3.8) is 0 Å². The van der Waals surface area contributed by atoms with Gasteiger partial charge in [-0.25, -0.2) is 0 Å². The lowest BCUT2D eigenvalue weighted by Gasteiger charge is -2.13. The number of non-ortho nitro benzene ring substituents is 1. The fraction of sp³-hybridized carbons (Fsp3) is 0.294. The number of nitrogens with one attached hydrogen (secondary N) is 1. The normalized spacial score (nSPS) is 12.0. The van der Waals surface area contributed by atoms with E-state index in [-0.39, 0.29) is 10.6 Å². The van der Waals surface area contributed by atoms with Gasteiger partial charge < -0.3 is 5.32 Å². The van der Waals surface area contributed by atoms with Crippen LogP contribution < -0.4 is 5.32 Å². The molecule has 0 saturated heterocycles. The maximum atomic E-state index is 10.6. The lowest BCUT2D eigenvalue weighted by molar-refractivity contribution is -0.384. The van der Waals surface area contributed by atoms with Gasteiger partial charge in [-0.3, -0.25) is 10.1 Å². The van der Waals surface area contributed by atoms with Gasteiger partial charge in [-0.05, 0) is 30.0 Å². The largest absolute Gasteiger partial charge is 0.316 e. The summed E-state index contributed by atoms with van der Waals surface area (Å²) in [5, 5.41) is 14.0. The Morgan fingerprint density at radius 3 is 2.38 bits per heavy atom. The van der Waals surface area contributed by atoms with Gasteiger partial charge in [0.2, 0.25) is 0 Å². The Kier molecular flexibility index (Phi) is 5.46. The number of nitro groups is 1. The molecule has 0 heterocycles. The molecule has 0 unspecified atom stereocenters. The van der Waals surface area contributed by atoms with Crippen LogP contribution in [0.2, 0.25) is 0 Å². The van der Waals surface area contributed by atoms with E-state index in [4.69, 9.17) is 0 Å². The summed E-state index contributed by atoms with van der Waals surface area (Å²) >= 11 is 0. The highest BCUT2D eigenvalue weighted by molar-refractivity contribution is 5.32. The zero-order valence-corrected chi connectivity index (χ0v) is 12.2. The van der Waals surface area contributed by atoms with Gasteiger partial charge in [0.1, 0.15) is 0 Å². The Hall–Kier alpha value is -2.20. The standard InChI is InChI=1S/C17H20N2O2/c1-14(16-5-3-2-4-6-16)13-18-12-11-15-7-9-17(10-8-15)19(20)21/h2-10,14,18H,11-13H2,1H3/t14-/m0/s1. The molecule has 0 fully saturated rings. The third-order valence-electron chi connectivity index (χ3n) is 3.56. The monoisotopic (exact) mass is 284 g/mol. The third kappa shape index (κ3) is 4.68. The molecule has 2 aromatic rings. The van der Waals surface area contributed by atoms with Gasteiger partial charge in [0.05, 0.1) is 4.92 Å². The summed E-state index contributed by atoms with van der Waals surface area (Å²) in [6.45, 7) is 4.00. The van der Waals surface area contributed by atoms with E-state index < -0.39 is 0 Å². The van der Waals surface area contributed by atoms with E-state index in [9.17, 15) is 10.1 Å². The van der Waals surface area contributed by atoms with Crippen molar-refractivity contribution in [2.75, 3.05) is 13.1 Å². The first-order valence-corrected chi connectivity index (χ1v) is 7.16. The molecule has 0 spiro atoms. The van der Waals surface area contributed by atoms with Gasteiger partial charge >= 0.3 is 0 Å². The summed E-state index contributed by atoms with van der Waals surface area (Å²) in [5.41, 5.74) is 2.59. The van der Waals surface area contributed by atoms with Gasteiger partial charge in [-0.15, -0.1) is 0 Å². The highest BCUT2D eigenvalue weighted by Gasteiger charge is 2.05. The van der Waals surface area contributed by atoms with Crippen LogP contribution in [0.3, 0.4) is 0 Å². The third-order valence-corrected chi connectivity index (χ3v) is 3.56. The summed E-state index contributed by atoms with van der Waals surface area (Å²) in [6, 6.07) is 17.2. The summed E-state index contributed by atoms with van der Waals surface area (Å²) in [7, 11) is 0. The summed E-state index contributed by atoms with van der Waals surface area (Å²) < 4.78 is 0. The Balaban J connectivity index is 1.73. The Labute approximate surface area is 125 Å². The first-order valence-electron chi connectivity index (χ1n) is 7.16. The van der Waals surface area contributed by atoms with Crippen molar-refractivity contribution in [3.8, 4) is 0 Å². The fourth-order valence-corrected chi connectivity index (χ4v) is 2.24. The lowest BCUT2D eigenvalue weighted by atomic mass is 10.0. The van der Waals surface area contributed by atoms with E-state index >= 15 is 0 Å². The van der Waals surface area contributed by atoms with Crippen LogP contribution in [-0.4, -0.2) is 18.0 Å². The van der Waals surface area contributed by atoms with Gasteiger partial charge in [0.25, 0.3) is 5.69 Å². The minimum Gasteiger partial charge on any atom is -0.316 e.